The van der Waals surface area contributed by atoms with Gasteiger partial charge in [0.1, 0.15) is 13.2 Å². The minimum Gasteiger partial charge on any atom is -0.480 e. The molecule has 1 saturated heterocycles. The molecule has 3 aromatic rings. The first-order valence-corrected chi connectivity index (χ1v) is 15.2. The number of alkyl halides is 2. The van der Waals surface area contributed by atoms with Crippen molar-refractivity contribution in [3.63, 3.8) is 0 Å². The molecule has 0 spiro atoms. The lowest BCUT2D eigenvalue weighted by Crippen LogP contribution is -2.50. The fourth-order valence-electron chi connectivity index (χ4n) is 5.27. The number of halogens is 2. The van der Waals surface area contributed by atoms with Crippen LogP contribution in [-0.4, -0.2) is 97.1 Å². The van der Waals surface area contributed by atoms with Crippen LogP contribution < -0.4 is 4.90 Å². The normalized spacial score (nSPS) is 16.2. The van der Waals surface area contributed by atoms with Gasteiger partial charge in [-0.25, -0.2) is 9.59 Å². The van der Waals surface area contributed by atoms with E-state index < -0.39 is 29.5 Å². The SMILES string of the molecule is O=C(O)COCCN1CCN(CC(O)CN2c3ccccc3Sc3ccc(C(F)(F)C(=O)OCc4ccccc4)cc32)CC1. The molecule has 0 bridgehead atoms. The molecule has 2 aliphatic rings. The van der Waals surface area contributed by atoms with E-state index in [1.807, 2.05) is 29.2 Å². The summed E-state index contributed by atoms with van der Waals surface area (Å²) in [6.45, 7) is 3.93. The summed E-state index contributed by atoms with van der Waals surface area (Å²) in [6, 6.07) is 20.4. The minimum atomic E-state index is -3.87. The number of aliphatic hydroxyl groups excluding tert-OH is 1. The highest BCUT2D eigenvalue weighted by Crippen LogP contribution is 2.49. The molecule has 1 atom stereocenters. The Kier molecular flexibility index (Phi) is 10.5. The third kappa shape index (κ3) is 7.93. The van der Waals surface area contributed by atoms with Gasteiger partial charge in [-0.2, -0.15) is 8.78 Å². The van der Waals surface area contributed by atoms with Crippen LogP contribution >= 0.6 is 11.8 Å². The Balaban J connectivity index is 1.25. The number of fused-ring (bicyclic) bond motifs is 2. The van der Waals surface area contributed by atoms with Gasteiger partial charge in [-0.05, 0) is 29.8 Å². The van der Waals surface area contributed by atoms with E-state index >= 15 is 8.78 Å². The molecular weight excluding hydrogens is 592 g/mol. The second kappa shape index (κ2) is 14.5. The summed E-state index contributed by atoms with van der Waals surface area (Å²) in [5, 5.41) is 19.9. The van der Waals surface area contributed by atoms with Gasteiger partial charge in [-0.3, -0.25) is 9.80 Å². The lowest BCUT2D eigenvalue weighted by molar-refractivity contribution is -0.175. The van der Waals surface area contributed by atoms with Crippen molar-refractivity contribution < 1.29 is 38.1 Å². The van der Waals surface area contributed by atoms with Crippen molar-refractivity contribution >= 4 is 35.1 Å². The number of hydrogen-bond donors (Lipinski definition) is 2. The third-order valence-electron chi connectivity index (χ3n) is 7.56. The molecule has 0 radical (unpaired) electrons. The van der Waals surface area contributed by atoms with Crippen molar-refractivity contribution in [3.05, 3.63) is 83.9 Å². The van der Waals surface area contributed by atoms with E-state index in [1.165, 1.54) is 23.9 Å². The molecule has 0 aromatic heterocycles. The van der Waals surface area contributed by atoms with Gasteiger partial charge in [0.2, 0.25) is 0 Å². The summed E-state index contributed by atoms with van der Waals surface area (Å²) in [5.41, 5.74) is 1.42. The molecule has 1 fully saturated rings. The minimum absolute atomic E-state index is 0.168. The molecule has 1 unspecified atom stereocenters. The van der Waals surface area contributed by atoms with Crippen molar-refractivity contribution in [2.45, 2.75) is 28.4 Å². The van der Waals surface area contributed by atoms with Crippen LogP contribution in [-0.2, 0) is 31.6 Å². The number of ether oxygens (including phenoxy) is 2. The second-order valence-corrected chi connectivity index (χ2v) is 11.8. The van der Waals surface area contributed by atoms with Gasteiger partial charge in [0.25, 0.3) is 0 Å². The predicted octanol–water partition coefficient (Wildman–Crippen LogP) is 4.20. The lowest BCUT2D eigenvalue weighted by Gasteiger charge is -2.38. The Labute approximate surface area is 259 Å². The zero-order chi connectivity index (χ0) is 31.1. The first-order valence-electron chi connectivity index (χ1n) is 14.4. The Morgan fingerprint density at radius 1 is 0.886 bits per heavy atom. The average molecular weight is 628 g/mol. The fraction of sp³-hybridized carbons (Fsp3) is 0.375. The summed E-state index contributed by atoms with van der Waals surface area (Å²) in [4.78, 5) is 31.0. The standard InChI is InChI=1S/C32H35F2N3O6S/c33-32(34,31(41)43-21-23-6-2-1-3-7-23)24-10-11-29-27(18-24)37(26-8-4-5-9-28(26)44-29)20-25(38)19-36-14-12-35(13-15-36)16-17-42-22-30(39)40/h1-11,18,25,38H,12-17,19-22H2,(H,39,40). The average Bonchev–Trinajstić information content (AvgIpc) is 3.02. The molecule has 2 heterocycles. The van der Waals surface area contributed by atoms with Gasteiger partial charge in [0.15, 0.2) is 0 Å². The fourth-order valence-corrected chi connectivity index (χ4v) is 6.34. The molecule has 9 nitrogen and oxygen atoms in total. The number of carbonyl (C=O) groups is 2. The number of β-amino-alcohol motifs (C(OH)–C–C–N with tert-alkyl or cyclic N) is 1. The van der Waals surface area contributed by atoms with Crippen LogP contribution in [0.2, 0.25) is 0 Å². The van der Waals surface area contributed by atoms with E-state index in [0.717, 1.165) is 41.7 Å². The van der Waals surface area contributed by atoms with Crippen LogP contribution in [0, 0.1) is 0 Å². The summed E-state index contributed by atoms with van der Waals surface area (Å²) < 4.78 is 40.9. The predicted molar refractivity (Wildman–Crippen MR) is 161 cm³/mol. The number of rotatable bonds is 13. The zero-order valence-corrected chi connectivity index (χ0v) is 24.9. The van der Waals surface area contributed by atoms with Crippen molar-refractivity contribution in [1.29, 1.82) is 0 Å². The van der Waals surface area contributed by atoms with Gasteiger partial charge >= 0.3 is 17.9 Å². The molecule has 12 heteroatoms. The summed E-state index contributed by atoms with van der Waals surface area (Å²) in [5.74, 6) is -6.48. The topological polar surface area (TPSA) is 103 Å². The van der Waals surface area contributed by atoms with Crippen LogP contribution in [0.4, 0.5) is 20.2 Å². The summed E-state index contributed by atoms with van der Waals surface area (Å²) in [7, 11) is 0. The largest absolute Gasteiger partial charge is 0.480 e. The van der Waals surface area contributed by atoms with Crippen molar-refractivity contribution in [3.8, 4) is 0 Å². The van der Waals surface area contributed by atoms with E-state index in [4.69, 9.17) is 14.6 Å². The van der Waals surface area contributed by atoms with E-state index in [1.54, 1.807) is 36.4 Å². The molecule has 3 aromatic carbocycles. The number of aliphatic carboxylic acids is 1. The number of carboxylic acids is 1. The smallest absolute Gasteiger partial charge is 0.382 e. The number of esters is 1. The van der Waals surface area contributed by atoms with E-state index in [9.17, 15) is 14.7 Å². The highest BCUT2D eigenvalue weighted by atomic mass is 32.2. The maximum absolute atomic E-state index is 15.4. The number of piperazine rings is 1. The van der Waals surface area contributed by atoms with Crippen LogP contribution in [0.1, 0.15) is 11.1 Å². The van der Waals surface area contributed by atoms with Crippen molar-refractivity contribution in [2.24, 2.45) is 0 Å². The van der Waals surface area contributed by atoms with Crippen molar-refractivity contribution in [1.82, 2.24) is 9.80 Å². The number of carboxylic acid groups (broad SMARTS) is 1. The Morgan fingerprint density at radius 3 is 2.32 bits per heavy atom. The van der Waals surface area contributed by atoms with Gasteiger partial charge in [0.05, 0.1) is 30.6 Å². The number of nitrogens with zero attached hydrogens (tertiary/aromatic N) is 3. The Hall–Kier alpha value is -3.55. The number of para-hydroxylation sites is 1. The van der Waals surface area contributed by atoms with Crippen LogP contribution in [0.5, 0.6) is 0 Å². The van der Waals surface area contributed by atoms with Gasteiger partial charge in [-0.15, -0.1) is 0 Å². The van der Waals surface area contributed by atoms with Gasteiger partial charge < -0.3 is 24.6 Å². The van der Waals surface area contributed by atoms with E-state index in [2.05, 4.69) is 9.80 Å². The molecule has 0 amide bonds. The van der Waals surface area contributed by atoms with E-state index in [-0.39, 0.29) is 19.8 Å². The number of anilines is 2. The highest BCUT2D eigenvalue weighted by molar-refractivity contribution is 7.99. The molecule has 5 rings (SSSR count). The molecule has 2 N–H and O–H groups in total. The molecule has 0 saturated carbocycles. The quantitative estimate of drug-likeness (QED) is 0.212. The monoisotopic (exact) mass is 627 g/mol. The Bertz CT molecular complexity index is 1440. The molecule has 234 valence electrons. The first-order chi connectivity index (χ1) is 21.2. The summed E-state index contributed by atoms with van der Waals surface area (Å²) in [6.07, 6.45) is -0.788. The van der Waals surface area contributed by atoms with Crippen LogP contribution in [0.25, 0.3) is 0 Å². The molecule has 44 heavy (non-hydrogen) atoms. The highest BCUT2D eigenvalue weighted by Gasteiger charge is 2.44. The number of aliphatic hydroxyl groups is 1. The molecule has 0 aliphatic carbocycles. The number of hydrogen-bond acceptors (Lipinski definition) is 9. The lowest BCUT2D eigenvalue weighted by atomic mass is 10.1. The van der Waals surface area contributed by atoms with E-state index in [0.29, 0.717) is 30.9 Å². The first kappa shape index (κ1) is 31.9. The van der Waals surface area contributed by atoms with Crippen LogP contribution in [0.3, 0.4) is 0 Å². The maximum atomic E-state index is 15.4. The molecular formula is C32H35F2N3O6S. The Morgan fingerprint density at radius 2 is 1.57 bits per heavy atom. The van der Waals surface area contributed by atoms with Gasteiger partial charge in [0, 0.05) is 54.6 Å². The molecule has 2 aliphatic heterocycles. The van der Waals surface area contributed by atoms with Crippen molar-refractivity contribution in [2.75, 3.05) is 63.9 Å². The maximum Gasteiger partial charge on any atom is 0.382 e. The summed E-state index contributed by atoms with van der Waals surface area (Å²) >= 11 is 1.45. The number of benzene rings is 3. The number of carbonyl (C=O) groups excluding carboxylic acids is 1. The van der Waals surface area contributed by atoms with Crippen LogP contribution in [0.15, 0.2) is 82.6 Å². The zero-order valence-electron chi connectivity index (χ0n) is 24.1. The third-order valence-corrected chi connectivity index (χ3v) is 8.69. The second-order valence-electron chi connectivity index (χ2n) is 10.7. The van der Waals surface area contributed by atoms with Gasteiger partial charge in [-0.1, -0.05) is 60.3 Å².